The Labute approximate surface area is 197 Å². The monoisotopic (exact) mass is 477 g/mol. The van der Waals surface area contributed by atoms with Gasteiger partial charge in [-0.2, -0.15) is 0 Å². The number of carbonyl (C=O) groups excluding carboxylic acids is 1. The van der Waals surface area contributed by atoms with Crippen molar-refractivity contribution in [3.63, 3.8) is 0 Å². The molecule has 0 saturated heterocycles. The van der Waals surface area contributed by atoms with E-state index in [2.05, 4.69) is 28.8 Å². The van der Waals surface area contributed by atoms with Crippen molar-refractivity contribution in [2.24, 2.45) is 0 Å². The number of ether oxygens (including phenoxy) is 2. The molecule has 1 amide bonds. The molecule has 1 unspecified atom stereocenters. The highest BCUT2D eigenvalue weighted by molar-refractivity contribution is 7.89. The number of hydrogen-bond acceptors (Lipinski definition) is 6. The largest absolute Gasteiger partial charge is 0.497 e. The van der Waals surface area contributed by atoms with E-state index in [4.69, 9.17) is 9.47 Å². The van der Waals surface area contributed by atoms with Crippen LogP contribution in [0.15, 0.2) is 53.4 Å². The average Bonchev–Trinajstić information content (AvgIpc) is 2.82. The van der Waals surface area contributed by atoms with Crippen LogP contribution >= 0.6 is 0 Å². The van der Waals surface area contributed by atoms with Gasteiger partial charge in [0.05, 0.1) is 24.7 Å². The topological polar surface area (TPSA) is 97.0 Å². The third kappa shape index (κ3) is 8.03. The lowest BCUT2D eigenvalue weighted by atomic mass is 10.0. The third-order valence-corrected chi connectivity index (χ3v) is 6.79. The minimum absolute atomic E-state index is 0.0104. The number of carbonyl (C=O) groups is 1. The van der Waals surface area contributed by atoms with E-state index in [0.717, 1.165) is 24.4 Å². The molecule has 1 atom stereocenters. The van der Waals surface area contributed by atoms with Gasteiger partial charge in [-0.05, 0) is 62.0 Å². The highest BCUT2D eigenvalue weighted by Crippen LogP contribution is 2.24. The molecule has 0 heterocycles. The van der Waals surface area contributed by atoms with Gasteiger partial charge in [-0.25, -0.2) is 13.1 Å². The number of nitrogens with zero attached hydrogens (tertiary/aromatic N) is 1. The molecular weight excluding hydrogens is 442 g/mol. The summed E-state index contributed by atoms with van der Waals surface area (Å²) < 4.78 is 38.1. The summed E-state index contributed by atoms with van der Waals surface area (Å²) >= 11 is 0. The van der Waals surface area contributed by atoms with Crippen molar-refractivity contribution in [1.82, 2.24) is 14.9 Å². The molecule has 0 aliphatic rings. The zero-order valence-corrected chi connectivity index (χ0v) is 20.7. The predicted molar refractivity (Wildman–Crippen MR) is 129 cm³/mol. The standard InChI is InChI=1S/C24H35N3O5S/c1-5-27(6-2)23(19-9-8-10-21(17-19)31-4)18-25-24(28)15-16-26-33(29,30)22-13-11-20(12-14-22)32-7-3/h8-14,17,23,26H,5-7,15-16,18H2,1-4H3,(H,25,28). The fraction of sp³-hybridized carbons (Fsp3) is 0.458. The molecule has 9 heteroatoms. The van der Waals surface area contributed by atoms with Gasteiger partial charge < -0.3 is 14.8 Å². The maximum absolute atomic E-state index is 12.5. The van der Waals surface area contributed by atoms with Gasteiger partial charge in [-0.15, -0.1) is 0 Å². The lowest BCUT2D eigenvalue weighted by Crippen LogP contribution is -2.39. The van der Waals surface area contributed by atoms with E-state index in [1.165, 1.54) is 12.1 Å². The maximum atomic E-state index is 12.5. The van der Waals surface area contributed by atoms with Crippen molar-refractivity contribution < 1.29 is 22.7 Å². The molecule has 2 aromatic rings. The molecule has 0 saturated carbocycles. The first-order valence-corrected chi connectivity index (χ1v) is 12.7. The van der Waals surface area contributed by atoms with E-state index in [0.29, 0.717) is 18.9 Å². The predicted octanol–water partition coefficient (Wildman–Crippen LogP) is 2.96. The Morgan fingerprint density at radius 1 is 1.03 bits per heavy atom. The Hall–Kier alpha value is -2.62. The van der Waals surface area contributed by atoms with E-state index in [-0.39, 0.29) is 29.8 Å². The van der Waals surface area contributed by atoms with Gasteiger partial charge >= 0.3 is 0 Å². The smallest absolute Gasteiger partial charge is 0.240 e. The summed E-state index contributed by atoms with van der Waals surface area (Å²) in [5.74, 6) is 1.15. The number of benzene rings is 2. The van der Waals surface area contributed by atoms with Crippen LogP contribution in [0.2, 0.25) is 0 Å². The van der Waals surface area contributed by atoms with Crippen molar-refractivity contribution in [3.05, 3.63) is 54.1 Å². The molecule has 2 aromatic carbocycles. The number of hydrogen-bond donors (Lipinski definition) is 2. The molecule has 0 spiro atoms. The summed E-state index contributed by atoms with van der Waals surface area (Å²) in [6, 6.07) is 14.0. The Balaban J connectivity index is 1.92. The van der Waals surface area contributed by atoms with Crippen LogP contribution in [0, 0.1) is 0 Å². The molecule has 8 nitrogen and oxygen atoms in total. The molecule has 0 fully saturated rings. The summed E-state index contributed by atoms with van der Waals surface area (Å²) in [6.45, 7) is 8.61. The summed E-state index contributed by atoms with van der Waals surface area (Å²) in [6.07, 6.45) is 0.0410. The minimum atomic E-state index is -3.70. The zero-order chi connectivity index (χ0) is 24.3. The van der Waals surface area contributed by atoms with Crippen molar-refractivity contribution in [1.29, 1.82) is 0 Å². The fourth-order valence-corrected chi connectivity index (χ4v) is 4.57. The molecule has 0 bridgehead atoms. The van der Waals surface area contributed by atoms with E-state index >= 15 is 0 Å². The Bertz CT molecular complexity index is 976. The fourth-order valence-electron chi connectivity index (χ4n) is 3.53. The van der Waals surface area contributed by atoms with Crippen LogP contribution in [0.1, 0.15) is 38.8 Å². The van der Waals surface area contributed by atoms with Gasteiger partial charge in [-0.3, -0.25) is 9.69 Å². The second-order valence-electron chi connectivity index (χ2n) is 7.37. The first kappa shape index (κ1) is 26.6. The molecular formula is C24H35N3O5S. The maximum Gasteiger partial charge on any atom is 0.240 e. The second-order valence-corrected chi connectivity index (χ2v) is 9.14. The molecule has 0 aromatic heterocycles. The van der Waals surface area contributed by atoms with Crippen LogP contribution in [0.5, 0.6) is 11.5 Å². The van der Waals surface area contributed by atoms with E-state index in [1.807, 2.05) is 31.2 Å². The van der Waals surface area contributed by atoms with Gasteiger partial charge in [0, 0.05) is 19.5 Å². The Morgan fingerprint density at radius 3 is 2.33 bits per heavy atom. The van der Waals surface area contributed by atoms with Crippen LogP contribution in [-0.4, -0.2) is 59.1 Å². The zero-order valence-electron chi connectivity index (χ0n) is 19.8. The third-order valence-electron chi connectivity index (χ3n) is 5.31. The molecule has 0 radical (unpaired) electrons. The van der Waals surface area contributed by atoms with Gasteiger partial charge in [0.15, 0.2) is 0 Å². The van der Waals surface area contributed by atoms with Crippen molar-refractivity contribution in [2.75, 3.05) is 39.9 Å². The van der Waals surface area contributed by atoms with Crippen molar-refractivity contribution >= 4 is 15.9 Å². The van der Waals surface area contributed by atoms with Crippen LogP contribution in [0.3, 0.4) is 0 Å². The summed E-state index contributed by atoms with van der Waals surface area (Å²) in [7, 11) is -2.07. The number of rotatable bonds is 14. The van der Waals surface area contributed by atoms with Gasteiger partial charge in [0.2, 0.25) is 15.9 Å². The molecule has 0 aliphatic heterocycles. The second kappa shape index (κ2) is 13.2. The van der Waals surface area contributed by atoms with Gasteiger partial charge in [0.1, 0.15) is 11.5 Å². The summed E-state index contributed by atoms with van der Waals surface area (Å²) in [5, 5.41) is 2.94. The molecule has 182 valence electrons. The van der Waals surface area contributed by atoms with Crippen LogP contribution in [0.4, 0.5) is 0 Å². The average molecular weight is 478 g/mol. The van der Waals surface area contributed by atoms with Crippen molar-refractivity contribution in [3.8, 4) is 11.5 Å². The molecule has 2 N–H and O–H groups in total. The first-order chi connectivity index (χ1) is 15.8. The lowest BCUT2D eigenvalue weighted by Gasteiger charge is -2.30. The van der Waals surface area contributed by atoms with Gasteiger partial charge in [-0.1, -0.05) is 26.0 Å². The number of methoxy groups -OCH3 is 1. The van der Waals surface area contributed by atoms with E-state index < -0.39 is 10.0 Å². The van der Waals surface area contributed by atoms with E-state index in [1.54, 1.807) is 19.2 Å². The highest BCUT2D eigenvalue weighted by atomic mass is 32.2. The van der Waals surface area contributed by atoms with Crippen LogP contribution in [0.25, 0.3) is 0 Å². The minimum Gasteiger partial charge on any atom is -0.497 e. The van der Waals surface area contributed by atoms with Crippen molar-refractivity contribution in [2.45, 2.75) is 38.1 Å². The SMILES string of the molecule is CCOc1ccc(S(=O)(=O)NCCC(=O)NCC(c2cccc(OC)c2)N(CC)CC)cc1. The Kier molecular flexibility index (Phi) is 10.6. The highest BCUT2D eigenvalue weighted by Gasteiger charge is 2.20. The Morgan fingerprint density at radius 2 is 1.73 bits per heavy atom. The van der Waals surface area contributed by atoms with Crippen LogP contribution < -0.4 is 19.5 Å². The number of likely N-dealkylation sites (N-methyl/N-ethyl adjacent to an activating group) is 1. The number of amides is 1. The summed E-state index contributed by atoms with van der Waals surface area (Å²) in [4.78, 5) is 14.8. The summed E-state index contributed by atoms with van der Waals surface area (Å²) in [5.41, 5.74) is 1.05. The molecule has 0 aliphatic carbocycles. The molecule has 33 heavy (non-hydrogen) atoms. The number of nitrogens with one attached hydrogen (secondary N) is 2. The number of sulfonamides is 1. The quantitative estimate of drug-likeness (QED) is 0.434. The molecule has 2 rings (SSSR count). The normalized spacial score (nSPS) is 12.4. The lowest BCUT2D eigenvalue weighted by molar-refractivity contribution is -0.121. The van der Waals surface area contributed by atoms with E-state index in [9.17, 15) is 13.2 Å². The van der Waals surface area contributed by atoms with Gasteiger partial charge in [0.25, 0.3) is 0 Å². The first-order valence-electron chi connectivity index (χ1n) is 11.2. The van der Waals surface area contributed by atoms with Crippen LogP contribution in [-0.2, 0) is 14.8 Å².